The number of rotatable bonds is 6. The molecule has 1 aromatic heterocycles. The topological polar surface area (TPSA) is 67.8 Å². The molecule has 160 valence electrons. The first-order valence-electron chi connectivity index (χ1n) is 10.3. The van der Waals surface area contributed by atoms with E-state index in [4.69, 9.17) is 9.47 Å². The molecule has 0 aliphatic carbocycles. The Labute approximate surface area is 182 Å². The van der Waals surface area contributed by atoms with Crippen LogP contribution in [0.25, 0.3) is 11.3 Å². The maximum atomic E-state index is 12.7. The molecule has 0 N–H and O–H groups in total. The third-order valence-electron chi connectivity index (χ3n) is 5.51. The summed E-state index contributed by atoms with van der Waals surface area (Å²) in [6.45, 7) is 2.84. The summed E-state index contributed by atoms with van der Waals surface area (Å²) in [7, 11) is 3.29. The molecule has 1 fully saturated rings. The van der Waals surface area contributed by atoms with Crippen molar-refractivity contribution in [2.45, 2.75) is 6.42 Å². The number of piperazine rings is 1. The number of anilines is 1. The molecule has 0 bridgehead atoms. The van der Waals surface area contributed by atoms with Gasteiger partial charge < -0.3 is 19.3 Å². The molecular weight excluding hydrogens is 392 g/mol. The van der Waals surface area contributed by atoms with Crippen LogP contribution in [0.1, 0.15) is 5.56 Å². The van der Waals surface area contributed by atoms with E-state index < -0.39 is 0 Å². The fraction of sp³-hybridized carbons (Fsp3) is 0.292. The highest BCUT2D eigenvalue weighted by atomic mass is 16.5. The van der Waals surface area contributed by atoms with Crippen LogP contribution in [0, 0.1) is 0 Å². The van der Waals surface area contributed by atoms with Crippen molar-refractivity contribution in [3.8, 4) is 22.8 Å². The molecule has 7 heteroatoms. The standard InChI is InChI=1S/C24H26N4O3/c1-30-20-7-3-18(4-8-20)15-24(29)28-13-11-27(12-14-28)23-16-22(25-17-26-23)19-5-9-21(31-2)10-6-19/h3-10,16-17H,11-15H2,1-2H3. The Balaban J connectivity index is 1.36. The normalized spacial score (nSPS) is 13.7. The molecule has 1 amide bonds. The number of carbonyl (C=O) groups excluding carboxylic acids is 1. The highest BCUT2D eigenvalue weighted by molar-refractivity contribution is 5.79. The summed E-state index contributed by atoms with van der Waals surface area (Å²) in [5, 5.41) is 0. The lowest BCUT2D eigenvalue weighted by atomic mass is 10.1. The second kappa shape index (κ2) is 9.47. The molecule has 31 heavy (non-hydrogen) atoms. The minimum atomic E-state index is 0.145. The second-order valence-corrected chi connectivity index (χ2v) is 7.38. The van der Waals surface area contributed by atoms with Crippen LogP contribution in [0.15, 0.2) is 60.9 Å². The number of hydrogen-bond acceptors (Lipinski definition) is 6. The zero-order valence-corrected chi connectivity index (χ0v) is 17.8. The number of benzene rings is 2. The number of nitrogens with zero attached hydrogens (tertiary/aromatic N) is 4. The molecule has 2 aromatic carbocycles. The Morgan fingerprint density at radius 2 is 1.48 bits per heavy atom. The molecular formula is C24H26N4O3. The SMILES string of the molecule is COc1ccc(CC(=O)N2CCN(c3cc(-c4ccc(OC)cc4)ncn3)CC2)cc1. The van der Waals surface area contributed by atoms with Crippen LogP contribution in [-0.2, 0) is 11.2 Å². The van der Waals surface area contributed by atoms with E-state index in [1.165, 1.54) is 0 Å². The predicted octanol–water partition coefficient (Wildman–Crippen LogP) is 3.05. The first kappa shape index (κ1) is 20.7. The molecule has 0 radical (unpaired) electrons. The fourth-order valence-corrected chi connectivity index (χ4v) is 3.65. The van der Waals surface area contributed by atoms with Crippen molar-refractivity contribution in [2.24, 2.45) is 0 Å². The highest BCUT2D eigenvalue weighted by Gasteiger charge is 2.22. The third kappa shape index (κ3) is 4.94. The summed E-state index contributed by atoms with van der Waals surface area (Å²) >= 11 is 0. The van der Waals surface area contributed by atoms with Crippen LogP contribution in [0.2, 0.25) is 0 Å². The quantitative estimate of drug-likeness (QED) is 0.613. The van der Waals surface area contributed by atoms with Gasteiger partial charge in [-0.1, -0.05) is 12.1 Å². The fourth-order valence-electron chi connectivity index (χ4n) is 3.65. The summed E-state index contributed by atoms with van der Waals surface area (Å²) in [5.41, 5.74) is 2.87. The number of ether oxygens (including phenoxy) is 2. The van der Waals surface area contributed by atoms with Gasteiger partial charge in [0.15, 0.2) is 0 Å². The summed E-state index contributed by atoms with van der Waals surface area (Å²) in [6.07, 6.45) is 2.00. The first-order valence-corrected chi connectivity index (χ1v) is 10.3. The highest BCUT2D eigenvalue weighted by Crippen LogP contribution is 2.24. The summed E-state index contributed by atoms with van der Waals surface area (Å²) < 4.78 is 10.4. The van der Waals surface area contributed by atoms with Crippen LogP contribution < -0.4 is 14.4 Å². The van der Waals surface area contributed by atoms with Crippen molar-refractivity contribution in [1.29, 1.82) is 0 Å². The van der Waals surface area contributed by atoms with Gasteiger partial charge in [0.1, 0.15) is 23.6 Å². The summed E-state index contributed by atoms with van der Waals surface area (Å²) in [6, 6.07) is 17.5. The molecule has 0 saturated carbocycles. The number of methoxy groups -OCH3 is 2. The molecule has 0 unspecified atom stereocenters. The Morgan fingerprint density at radius 1 is 0.871 bits per heavy atom. The largest absolute Gasteiger partial charge is 0.497 e. The van der Waals surface area contributed by atoms with Gasteiger partial charge in [-0.15, -0.1) is 0 Å². The van der Waals surface area contributed by atoms with Gasteiger partial charge in [-0.2, -0.15) is 0 Å². The van der Waals surface area contributed by atoms with Gasteiger partial charge in [-0.25, -0.2) is 9.97 Å². The monoisotopic (exact) mass is 418 g/mol. The molecule has 0 atom stereocenters. The van der Waals surface area contributed by atoms with Gasteiger partial charge in [-0.3, -0.25) is 4.79 Å². The molecule has 1 saturated heterocycles. The van der Waals surface area contributed by atoms with Crippen LogP contribution in [0.5, 0.6) is 11.5 Å². The van der Waals surface area contributed by atoms with Gasteiger partial charge >= 0.3 is 0 Å². The number of hydrogen-bond donors (Lipinski definition) is 0. The van der Waals surface area contributed by atoms with Gasteiger partial charge in [0.2, 0.25) is 5.91 Å². The summed E-state index contributed by atoms with van der Waals surface area (Å²) in [4.78, 5) is 25.7. The van der Waals surface area contributed by atoms with Crippen LogP contribution >= 0.6 is 0 Å². The maximum absolute atomic E-state index is 12.7. The van der Waals surface area contributed by atoms with Crippen molar-refractivity contribution in [3.05, 3.63) is 66.5 Å². The minimum absolute atomic E-state index is 0.145. The van der Waals surface area contributed by atoms with E-state index >= 15 is 0 Å². The lowest BCUT2D eigenvalue weighted by molar-refractivity contribution is -0.130. The molecule has 0 spiro atoms. The number of amides is 1. The molecule has 7 nitrogen and oxygen atoms in total. The average molecular weight is 418 g/mol. The Bertz CT molecular complexity index is 1010. The van der Waals surface area contributed by atoms with E-state index in [-0.39, 0.29) is 5.91 Å². The molecule has 2 heterocycles. The number of aromatic nitrogens is 2. The van der Waals surface area contributed by atoms with E-state index in [0.717, 1.165) is 47.2 Å². The van der Waals surface area contributed by atoms with Crippen molar-refractivity contribution < 1.29 is 14.3 Å². The van der Waals surface area contributed by atoms with Crippen molar-refractivity contribution >= 4 is 11.7 Å². The summed E-state index contributed by atoms with van der Waals surface area (Å²) in [5.74, 6) is 2.63. The minimum Gasteiger partial charge on any atom is -0.497 e. The zero-order chi connectivity index (χ0) is 21.6. The molecule has 1 aliphatic heterocycles. The van der Waals surface area contributed by atoms with Crippen molar-refractivity contribution in [2.75, 3.05) is 45.3 Å². The van der Waals surface area contributed by atoms with Crippen LogP contribution in [0.4, 0.5) is 5.82 Å². The van der Waals surface area contributed by atoms with E-state index in [0.29, 0.717) is 19.5 Å². The van der Waals surface area contributed by atoms with E-state index in [2.05, 4.69) is 14.9 Å². The van der Waals surface area contributed by atoms with Gasteiger partial charge in [-0.05, 0) is 42.0 Å². The maximum Gasteiger partial charge on any atom is 0.227 e. The smallest absolute Gasteiger partial charge is 0.227 e. The average Bonchev–Trinajstić information content (AvgIpc) is 2.85. The van der Waals surface area contributed by atoms with Crippen LogP contribution in [0.3, 0.4) is 0 Å². The van der Waals surface area contributed by atoms with Crippen LogP contribution in [-0.4, -0.2) is 61.2 Å². The lowest BCUT2D eigenvalue weighted by Gasteiger charge is -2.35. The van der Waals surface area contributed by atoms with E-state index in [1.807, 2.05) is 59.5 Å². The van der Waals surface area contributed by atoms with Gasteiger partial charge in [0, 0.05) is 37.8 Å². The Kier molecular flexibility index (Phi) is 6.31. The van der Waals surface area contributed by atoms with E-state index in [9.17, 15) is 4.79 Å². The zero-order valence-electron chi connectivity index (χ0n) is 17.8. The third-order valence-corrected chi connectivity index (χ3v) is 5.51. The molecule has 4 rings (SSSR count). The van der Waals surface area contributed by atoms with Crippen molar-refractivity contribution in [3.63, 3.8) is 0 Å². The van der Waals surface area contributed by atoms with Crippen molar-refractivity contribution in [1.82, 2.24) is 14.9 Å². The van der Waals surface area contributed by atoms with Gasteiger partial charge in [0.25, 0.3) is 0 Å². The Morgan fingerprint density at radius 3 is 2.10 bits per heavy atom. The van der Waals surface area contributed by atoms with Gasteiger partial charge in [0.05, 0.1) is 26.3 Å². The predicted molar refractivity (Wildman–Crippen MR) is 120 cm³/mol. The molecule has 1 aliphatic rings. The second-order valence-electron chi connectivity index (χ2n) is 7.38. The number of carbonyl (C=O) groups is 1. The lowest BCUT2D eigenvalue weighted by Crippen LogP contribution is -2.49. The molecule has 3 aromatic rings. The van der Waals surface area contributed by atoms with E-state index in [1.54, 1.807) is 20.5 Å². The first-order chi connectivity index (χ1) is 15.2. The Hall–Kier alpha value is -3.61.